The van der Waals surface area contributed by atoms with Crippen LogP contribution in [0.1, 0.15) is 32.4 Å². The number of nitrogens with zero attached hydrogens (tertiary/aromatic N) is 3. The van der Waals surface area contributed by atoms with Crippen molar-refractivity contribution in [2.75, 3.05) is 46.4 Å². The molecule has 1 N–H and O–H groups in total. The van der Waals surface area contributed by atoms with Gasteiger partial charge in [0.1, 0.15) is 5.75 Å². The number of benzene rings is 2. The monoisotopic (exact) mass is 590 g/mol. The minimum Gasteiger partial charge on any atom is -0.497 e. The van der Waals surface area contributed by atoms with Crippen LogP contribution in [0.4, 0.5) is 4.79 Å². The Morgan fingerprint density at radius 2 is 1.75 bits per heavy atom. The molecule has 2 aromatic carbocycles. The van der Waals surface area contributed by atoms with Gasteiger partial charge in [0.2, 0.25) is 10.0 Å². The van der Waals surface area contributed by atoms with Crippen LogP contribution in [0, 0.1) is 0 Å². The molecule has 0 aromatic heterocycles. The van der Waals surface area contributed by atoms with Gasteiger partial charge in [0.15, 0.2) is 0 Å². The maximum Gasteiger partial charge on any atom is 0.338 e. The Labute approximate surface area is 240 Å². The zero-order chi connectivity index (χ0) is 29.0. The fraction of sp³-hybridized carbons (Fsp3) is 0.429. The van der Waals surface area contributed by atoms with Gasteiger partial charge in [-0.05, 0) is 62.7 Å². The SMILES string of the molecule is CCOC(=O)C1=C(CN2CCN(S(=O)(=O)c3ccc(Cl)cc3)C(C)C2)N(CC)C(=O)NC1c1ccc(OC)cc1. The summed E-state index contributed by atoms with van der Waals surface area (Å²) < 4.78 is 38.9. The third-order valence-electron chi connectivity index (χ3n) is 7.14. The van der Waals surface area contributed by atoms with E-state index >= 15 is 0 Å². The van der Waals surface area contributed by atoms with Crippen molar-refractivity contribution in [2.45, 2.75) is 37.8 Å². The summed E-state index contributed by atoms with van der Waals surface area (Å²) >= 11 is 5.95. The number of amides is 2. The van der Waals surface area contributed by atoms with Crippen LogP contribution in [0.25, 0.3) is 0 Å². The van der Waals surface area contributed by atoms with Crippen molar-refractivity contribution in [1.82, 2.24) is 19.4 Å². The molecule has 2 aliphatic heterocycles. The molecule has 0 spiro atoms. The fourth-order valence-electron chi connectivity index (χ4n) is 5.17. The molecule has 0 bridgehead atoms. The van der Waals surface area contributed by atoms with Gasteiger partial charge in [-0.2, -0.15) is 4.31 Å². The second-order valence-electron chi connectivity index (χ2n) is 9.63. The van der Waals surface area contributed by atoms with Gasteiger partial charge in [0, 0.05) is 49.5 Å². The number of piperazine rings is 1. The lowest BCUT2D eigenvalue weighted by atomic mass is 9.94. The van der Waals surface area contributed by atoms with Gasteiger partial charge in [0.25, 0.3) is 0 Å². The first-order valence-electron chi connectivity index (χ1n) is 13.2. The van der Waals surface area contributed by atoms with Gasteiger partial charge in [-0.1, -0.05) is 23.7 Å². The first kappa shape index (κ1) is 29.9. The van der Waals surface area contributed by atoms with Crippen molar-refractivity contribution in [2.24, 2.45) is 0 Å². The Morgan fingerprint density at radius 1 is 1.07 bits per heavy atom. The maximum absolute atomic E-state index is 13.4. The van der Waals surface area contributed by atoms with Crippen LogP contribution in [0.15, 0.2) is 64.7 Å². The Kier molecular flexibility index (Phi) is 9.40. The molecule has 2 unspecified atom stereocenters. The summed E-state index contributed by atoms with van der Waals surface area (Å²) in [7, 11) is -2.14. The van der Waals surface area contributed by atoms with E-state index in [1.54, 1.807) is 43.2 Å². The average Bonchev–Trinajstić information content (AvgIpc) is 2.93. The first-order valence-corrected chi connectivity index (χ1v) is 15.0. The normalized spacial score (nSPS) is 20.8. The second kappa shape index (κ2) is 12.6. The molecule has 0 aliphatic carbocycles. The van der Waals surface area contributed by atoms with Gasteiger partial charge >= 0.3 is 12.0 Å². The molecule has 1 fully saturated rings. The molecule has 0 saturated carbocycles. The molecule has 2 aliphatic rings. The Balaban J connectivity index is 1.64. The van der Waals surface area contributed by atoms with Crippen LogP contribution in [-0.2, 0) is 19.6 Å². The molecule has 12 heteroatoms. The Morgan fingerprint density at radius 3 is 2.33 bits per heavy atom. The second-order valence-corrected chi connectivity index (χ2v) is 12.0. The van der Waals surface area contributed by atoms with E-state index in [1.165, 1.54) is 16.4 Å². The third-order valence-corrected chi connectivity index (χ3v) is 9.42. The highest BCUT2D eigenvalue weighted by Gasteiger charge is 2.40. The number of hydrogen-bond donors (Lipinski definition) is 1. The first-order chi connectivity index (χ1) is 19.1. The third kappa shape index (κ3) is 6.12. The van der Waals surface area contributed by atoms with E-state index < -0.39 is 22.0 Å². The molecule has 216 valence electrons. The minimum atomic E-state index is -3.71. The predicted molar refractivity (Wildman–Crippen MR) is 152 cm³/mol. The summed E-state index contributed by atoms with van der Waals surface area (Å²) in [5, 5.41) is 3.42. The molecule has 40 heavy (non-hydrogen) atoms. The summed E-state index contributed by atoms with van der Waals surface area (Å²) in [5.74, 6) is 0.150. The smallest absolute Gasteiger partial charge is 0.338 e. The van der Waals surface area contributed by atoms with Gasteiger partial charge in [0.05, 0.1) is 30.2 Å². The van der Waals surface area contributed by atoms with Crippen LogP contribution in [0.3, 0.4) is 0 Å². The lowest BCUT2D eigenvalue weighted by Gasteiger charge is -2.42. The van der Waals surface area contributed by atoms with E-state index in [0.717, 1.165) is 5.56 Å². The van der Waals surface area contributed by atoms with E-state index in [0.29, 0.717) is 41.7 Å². The number of halogens is 1. The van der Waals surface area contributed by atoms with E-state index in [-0.39, 0.29) is 36.7 Å². The summed E-state index contributed by atoms with van der Waals surface area (Å²) in [6.07, 6.45) is 0. The van der Waals surface area contributed by atoms with Crippen molar-refractivity contribution in [3.05, 3.63) is 70.4 Å². The highest BCUT2D eigenvalue weighted by Crippen LogP contribution is 2.33. The summed E-state index contributed by atoms with van der Waals surface area (Å²) in [6.45, 7) is 7.34. The predicted octanol–water partition coefficient (Wildman–Crippen LogP) is 3.65. The van der Waals surface area contributed by atoms with Gasteiger partial charge in [-0.15, -0.1) is 0 Å². The number of carbonyl (C=O) groups excluding carboxylic acids is 2. The molecule has 2 atom stereocenters. The molecular weight excluding hydrogens is 556 g/mol. The lowest BCUT2D eigenvalue weighted by molar-refractivity contribution is -0.139. The number of hydrogen-bond acceptors (Lipinski definition) is 7. The number of esters is 1. The largest absolute Gasteiger partial charge is 0.497 e. The number of rotatable bonds is 9. The minimum absolute atomic E-state index is 0.184. The number of likely N-dealkylation sites (N-methyl/N-ethyl adjacent to an activating group) is 1. The molecule has 2 amide bonds. The molecule has 0 radical (unpaired) electrons. The van der Waals surface area contributed by atoms with Crippen molar-refractivity contribution < 1.29 is 27.5 Å². The highest BCUT2D eigenvalue weighted by molar-refractivity contribution is 7.89. The lowest BCUT2D eigenvalue weighted by Crippen LogP contribution is -2.56. The number of sulfonamides is 1. The average molecular weight is 591 g/mol. The van der Waals surface area contributed by atoms with Crippen LogP contribution >= 0.6 is 11.6 Å². The Hall–Kier alpha value is -3.12. The van der Waals surface area contributed by atoms with Crippen molar-refractivity contribution in [1.29, 1.82) is 0 Å². The Bertz CT molecular complexity index is 1360. The van der Waals surface area contributed by atoms with Crippen LogP contribution in [0.5, 0.6) is 5.75 Å². The van der Waals surface area contributed by atoms with Gasteiger partial charge < -0.3 is 14.8 Å². The topological polar surface area (TPSA) is 108 Å². The van der Waals surface area contributed by atoms with E-state index in [9.17, 15) is 18.0 Å². The molecule has 2 heterocycles. The maximum atomic E-state index is 13.4. The molecular formula is C28H35ClN4O6S. The van der Waals surface area contributed by atoms with Crippen LogP contribution < -0.4 is 10.1 Å². The van der Waals surface area contributed by atoms with E-state index in [2.05, 4.69) is 10.2 Å². The van der Waals surface area contributed by atoms with Crippen molar-refractivity contribution in [3.8, 4) is 5.75 Å². The van der Waals surface area contributed by atoms with E-state index in [4.69, 9.17) is 21.1 Å². The highest BCUT2D eigenvalue weighted by atomic mass is 35.5. The van der Waals surface area contributed by atoms with Crippen molar-refractivity contribution in [3.63, 3.8) is 0 Å². The number of nitrogens with one attached hydrogen (secondary N) is 1. The summed E-state index contributed by atoms with van der Waals surface area (Å²) in [4.78, 5) is 30.4. The van der Waals surface area contributed by atoms with Gasteiger partial charge in [-0.3, -0.25) is 9.80 Å². The summed E-state index contributed by atoms with van der Waals surface area (Å²) in [5.41, 5.74) is 1.63. The zero-order valence-corrected chi connectivity index (χ0v) is 24.7. The number of methoxy groups -OCH3 is 1. The standard InChI is InChI=1S/C28H35ClN4O6S/c1-5-32-24(18-31-15-16-33(19(3)17-31)40(36,37)23-13-9-21(29)10-14-23)25(27(34)39-6-2)26(30-28(32)35)20-7-11-22(38-4)12-8-20/h7-14,19,26H,5-6,15-18H2,1-4H3,(H,30,35). The summed E-state index contributed by atoms with van der Waals surface area (Å²) in [6, 6.07) is 11.9. The van der Waals surface area contributed by atoms with Crippen LogP contribution in [-0.4, -0.2) is 87.0 Å². The fourth-order valence-corrected chi connectivity index (χ4v) is 6.91. The quantitative estimate of drug-likeness (QED) is 0.444. The van der Waals surface area contributed by atoms with Gasteiger partial charge in [-0.25, -0.2) is 18.0 Å². The number of carbonyl (C=O) groups is 2. The number of urea groups is 1. The molecule has 10 nitrogen and oxygen atoms in total. The zero-order valence-electron chi connectivity index (χ0n) is 23.1. The van der Waals surface area contributed by atoms with Crippen molar-refractivity contribution >= 4 is 33.6 Å². The van der Waals surface area contributed by atoms with Crippen LogP contribution in [0.2, 0.25) is 5.02 Å². The molecule has 4 rings (SSSR count). The molecule has 2 aromatic rings. The molecule has 1 saturated heterocycles. The van der Waals surface area contributed by atoms with E-state index in [1.807, 2.05) is 26.0 Å². The number of ether oxygens (including phenoxy) is 2.